The lowest BCUT2D eigenvalue weighted by atomic mass is 10.8. The maximum atomic E-state index is 2.89. The Bertz CT molecular complexity index is 131. The van der Waals surface area contributed by atoms with Gasteiger partial charge in [0.2, 0.25) is 0 Å². The lowest BCUT2D eigenvalue weighted by molar-refractivity contribution is 1.93. The number of rotatable bonds is 1. The molecule has 0 atom stereocenters. The van der Waals surface area contributed by atoms with E-state index in [9.17, 15) is 0 Å². The van der Waals surface area contributed by atoms with Gasteiger partial charge in [0, 0.05) is 0 Å². The van der Waals surface area contributed by atoms with Gasteiger partial charge in [-0.3, -0.25) is 0 Å². The Kier molecular flexibility index (Phi) is 6.96. The van der Waals surface area contributed by atoms with Crippen LogP contribution in [0, 0.1) is 23.2 Å². The molecule has 8 heavy (non-hydrogen) atoms. The second-order valence-corrected chi connectivity index (χ2v) is 2.97. The normalized spacial score (nSPS) is 8.75. The smallest absolute Gasteiger partial charge is 0.0585 e. The molecule has 0 saturated heterocycles. The molecule has 0 N–H and O–H groups in total. The fourth-order valence-electron chi connectivity index (χ4n) is 0.150. The Morgan fingerprint density at radius 3 is 1.50 bits per heavy atom. The Labute approximate surface area is 54.3 Å². The van der Waals surface area contributed by atoms with Gasteiger partial charge < -0.3 is 0 Å². The van der Waals surface area contributed by atoms with E-state index in [0.29, 0.717) is 0 Å². The average molecular weight is 140 g/mol. The first-order valence-corrected chi connectivity index (χ1v) is 4.64. The second kappa shape index (κ2) is 6.98. The highest BCUT2D eigenvalue weighted by Crippen LogP contribution is 2.33. The van der Waals surface area contributed by atoms with Crippen molar-refractivity contribution in [3.05, 3.63) is 0 Å². The lowest BCUT2D eigenvalue weighted by Crippen LogP contribution is -1.34. The van der Waals surface area contributed by atoms with E-state index in [1.54, 1.807) is 0 Å². The number of hydrogen-bond acceptors (Lipinski definition) is 0. The van der Waals surface area contributed by atoms with E-state index < -0.39 is 0 Å². The Morgan fingerprint density at radius 1 is 0.875 bits per heavy atom. The van der Waals surface area contributed by atoms with Crippen molar-refractivity contribution in [1.82, 2.24) is 0 Å². The molecular weight excluding hydrogens is 134 g/mol. The molecule has 2 radical (unpaired) electrons. The van der Waals surface area contributed by atoms with Crippen LogP contribution in [0.2, 0.25) is 0 Å². The highest BCUT2D eigenvalue weighted by molar-refractivity contribution is 8.16. The van der Waals surface area contributed by atoms with E-state index in [1.165, 1.54) is 0 Å². The van der Waals surface area contributed by atoms with Gasteiger partial charge in [0.15, 0.2) is 0 Å². The van der Waals surface area contributed by atoms with Crippen LogP contribution in [-0.4, -0.2) is 0 Å². The third-order valence-electron chi connectivity index (χ3n) is 0.374. The summed E-state index contributed by atoms with van der Waals surface area (Å²) in [6.07, 6.45) is 0. The minimum Gasteiger partial charge on any atom is -0.101 e. The van der Waals surface area contributed by atoms with Crippen LogP contribution >= 0.6 is 16.5 Å². The van der Waals surface area contributed by atoms with E-state index in [1.807, 2.05) is 13.8 Å². The first kappa shape index (κ1) is 7.98. The van der Waals surface area contributed by atoms with Crippen molar-refractivity contribution in [1.29, 1.82) is 0 Å². The van der Waals surface area contributed by atoms with Crippen LogP contribution < -0.4 is 0 Å². The molecule has 0 fully saturated rings. The minimum absolute atomic E-state index is 1.10. The fraction of sp³-hybridized carbons (Fsp3) is 0.333. The molecule has 0 heterocycles. The molecule has 0 aromatic heterocycles. The molecule has 0 bridgehead atoms. The van der Waals surface area contributed by atoms with Gasteiger partial charge in [-0.05, 0) is 13.8 Å². The van der Waals surface area contributed by atoms with E-state index in [4.69, 9.17) is 0 Å². The topological polar surface area (TPSA) is 0 Å². The van der Waals surface area contributed by atoms with Gasteiger partial charge in [0.25, 0.3) is 0 Å². The van der Waals surface area contributed by atoms with Gasteiger partial charge in [0.1, 0.15) is 0 Å². The monoisotopic (exact) mass is 140 g/mol. The lowest BCUT2D eigenvalue weighted by Gasteiger charge is -1.70. The average Bonchev–Trinajstić information content (AvgIpc) is 1.81. The van der Waals surface area contributed by atoms with Crippen molar-refractivity contribution >= 4 is 16.5 Å². The molecule has 0 amide bonds. The van der Waals surface area contributed by atoms with E-state index >= 15 is 0 Å². The zero-order chi connectivity index (χ0) is 6.24. The number of hydrogen-bond donors (Lipinski definition) is 0. The molecule has 0 aliphatic heterocycles. The van der Waals surface area contributed by atoms with Crippen LogP contribution in [0.4, 0.5) is 0 Å². The van der Waals surface area contributed by atoms with Crippen LogP contribution in [0.25, 0.3) is 0 Å². The van der Waals surface area contributed by atoms with Crippen LogP contribution in [0.5, 0.6) is 0 Å². The zero-order valence-electron chi connectivity index (χ0n) is 4.89. The molecular formula is C6H6P2. The van der Waals surface area contributed by atoms with Crippen molar-refractivity contribution < 1.29 is 0 Å². The minimum atomic E-state index is 1.10. The fourth-order valence-corrected chi connectivity index (χ4v) is 1.35. The maximum Gasteiger partial charge on any atom is 0.0585 e. The van der Waals surface area contributed by atoms with Crippen molar-refractivity contribution in [2.75, 3.05) is 0 Å². The van der Waals surface area contributed by atoms with Gasteiger partial charge in [-0.1, -0.05) is 11.3 Å². The molecule has 0 aliphatic carbocycles. The first-order valence-electron chi connectivity index (χ1n) is 2.15. The van der Waals surface area contributed by atoms with Gasteiger partial charge >= 0.3 is 0 Å². The molecule has 2 heteroatoms. The summed E-state index contributed by atoms with van der Waals surface area (Å²) in [5, 5.41) is 0. The summed E-state index contributed by atoms with van der Waals surface area (Å²) in [6, 6.07) is 0. The van der Waals surface area contributed by atoms with Crippen LogP contribution in [-0.2, 0) is 0 Å². The highest BCUT2D eigenvalue weighted by Gasteiger charge is 1.72. The molecule has 40 valence electrons. The van der Waals surface area contributed by atoms with Crippen LogP contribution in [0.1, 0.15) is 13.8 Å². The highest BCUT2D eigenvalue weighted by atomic mass is 32.0. The predicted molar refractivity (Wildman–Crippen MR) is 40.7 cm³/mol. The van der Waals surface area contributed by atoms with Crippen molar-refractivity contribution in [3.63, 3.8) is 0 Å². The van der Waals surface area contributed by atoms with Gasteiger partial charge in [-0.25, -0.2) is 0 Å². The van der Waals surface area contributed by atoms with Crippen LogP contribution in [0.15, 0.2) is 0 Å². The summed E-state index contributed by atoms with van der Waals surface area (Å²) in [6.45, 7) is 3.67. The second-order valence-electron chi connectivity index (χ2n) is 0.924. The Hall–Kier alpha value is -0.0200. The van der Waals surface area contributed by atoms with Crippen LogP contribution in [0.3, 0.4) is 0 Å². The van der Waals surface area contributed by atoms with Crippen molar-refractivity contribution in [2.24, 2.45) is 0 Å². The molecule has 0 aromatic rings. The first-order chi connectivity index (χ1) is 3.91. The standard InChI is InChI=1S/C6H6P2/c1-3-5-7-8-6-4-2/h1-2H3. The molecule has 0 spiro atoms. The SMILES string of the molecule is CC#C[P][P]C#CC. The Balaban J connectivity index is 3.10. The van der Waals surface area contributed by atoms with Crippen molar-refractivity contribution in [2.45, 2.75) is 13.8 Å². The van der Waals surface area contributed by atoms with Crippen molar-refractivity contribution in [3.8, 4) is 23.2 Å². The largest absolute Gasteiger partial charge is 0.101 e. The van der Waals surface area contributed by atoms with E-state index in [2.05, 4.69) is 23.2 Å². The van der Waals surface area contributed by atoms with E-state index in [-0.39, 0.29) is 0 Å². The molecule has 0 rings (SSSR count). The summed E-state index contributed by atoms with van der Waals surface area (Å²) < 4.78 is 0. The van der Waals surface area contributed by atoms with E-state index in [0.717, 1.165) is 16.5 Å². The molecule has 0 nitrogen and oxygen atoms in total. The Morgan fingerprint density at radius 2 is 1.25 bits per heavy atom. The predicted octanol–water partition coefficient (Wildman–Crippen LogP) is 2.76. The quantitative estimate of drug-likeness (QED) is 0.298. The summed E-state index contributed by atoms with van der Waals surface area (Å²) in [7, 11) is 2.19. The maximum absolute atomic E-state index is 2.89. The summed E-state index contributed by atoms with van der Waals surface area (Å²) >= 11 is 0. The summed E-state index contributed by atoms with van der Waals surface area (Å²) in [4.78, 5) is 0. The molecule has 0 aliphatic rings. The summed E-state index contributed by atoms with van der Waals surface area (Å²) in [5.74, 6) is 5.58. The molecule has 0 unspecified atom stereocenters. The van der Waals surface area contributed by atoms with Gasteiger partial charge in [-0.2, -0.15) is 0 Å². The summed E-state index contributed by atoms with van der Waals surface area (Å²) in [5.41, 5.74) is 5.78. The van der Waals surface area contributed by atoms with Gasteiger partial charge in [-0.15, -0.1) is 11.8 Å². The molecule has 0 saturated carbocycles. The van der Waals surface area contributed by atoms with Gasteiger partial charge in [0.05, 0.1) is 16.5 Å². The third-order valence-corrected chi connectivity index (χ3v) is 2.02. The molecule has 0 aromatic carbocycles. The third kappa shape index (κ3) is 5.98. The zero-order valence-corrected chi connectivity index (χ0v) is 6.68.